The predicted molar refractivity (Wildman–Crippen MR) is 78.1 cm³/mol. The van der Waals surface area contributed by atoms with Crippen LogP contribution in [0.5, 0.6) is 5.75 Å². The van der Waals surface area contributed by atoms with E-state index in [0.717, 1.165) is 5.56 Å². The van der Waals surface area contributed by atoms with Gasteiger partial charge in [0.25, 0.3) is 0 Å². The summed E-state index contributed by atoms with van der Waals surface area (Å²) in [6.07, 6.45) is 0. The highest BCUT2D eigenvalue weighted by atomic mass is 16.5. The second-order valence-electron chi connectivity index (χ2n) is 4.76. The maximum absolute atomic E-state index is 10.9. The fourth-order valence-electron chi connectivity index (χ4n) is 1.89. The molecule has 0 heterocycles. The average molecular weight is 271 g/mol. The van der Waals surface area contributed by atoms with E-state index >= 15 is 0 Å². The van der Waals surface area contributed by atoms with Crippen LogP contribution in [0.1, 0.15) is 27.0 Å². The van der Waals surface area contributed by atoms with Crippen LogP contribution < -0.4 is 10.5 Å². The third-order valence-corrected chi connectivity index (χ3v) is 3.23. The number of carboxylic acid groups (broad SMARTS) is 1. The lowest BCUT2D eigenvalue weighted by Crippen LogP contribution is -2.03. The van der Waals surface area contributed by atoms with Crippen molar-refractivity contribution in [3.05, 3.63) is 58.7 Å². The molecule has 0 radical (unpaired) electrons. The Morgan fingerprint density at radius 2 is 1.90 bits per heavy atom. The van der Waals surface area contributed by atoms with E-state index < -0.39 is 5.97 Å². The number of hydrogen-bond donors (Lipinski definition) is 2. The fraction of sp³-hybridized carbons (Fsp3) is 0.188. The molecule has 104 valence electrons. The first kappa shape index (κ1) is 13.9. The van der Waals surface area contributed by atoms with Crippen LogP contribution in [-0.2, 0) is 6.61 Å². The van der Waals surface area contributed by atoms with Crippen molar-refractivity contribution in [3.63, 3.8) is 0 Å². The lowest BCUT2D eigenvalue weighted by atomic mass is 10.1. The smallest absolute Gasteiger partial charge is 0.337 e. The quantitative estimate of drug-likeness (QED) is 0.838. The Labute approximate surface area is 117 Å². The minimum Gasteiger partial charge on any atom is -0.489 e. The van der Waals surface area contributed by atoms with Crippen molar-refractivity contribution in [1.29, 1.82) is 0 Å². The van der Waals surface area contributed by atoms with Crippen LogP contribution in [0.25, 0.3) is 0 Å². The van der Waals surface area contributed by atoms with E-state index in [0.29, 0.717) is 12.4 Å². The van der Waals surface area contributed by atoms with Gasteiger partial charge < -0.3 is 15.6 Å². The van der Waals surface area contributed by atoms with Crippen LogP contribution in [0, 0.1) is 13.8 Å². The van der Waals surface area contributed by atoms with Crippen LogP contribution in [0.3, 0.4) is 0 Å². The topological polar surface area (TPSA) is 72.5 Å². The predicted octanol–water partition coefficient (Wildman–Crippen LogP) is 3.16. The maximum Gasteiger partial charge on any atom is 0.337 e. The second kappa shape index (κ2) is 5.65. The van der Waals surface area contributed by atoms with Gasteiger partial charge in [0.1, 0.15) is 12.4 Å². The van der Waals surface area contributed by atoms with E-state index in [1.807, 2.05) is 6.07 Å². The number of hydrogen-bond acceptors (Lipinski definition) is 3. The van der Waals surface area contributed by atoms with Crippen molar-refractivity contribution in [1.82, 2.24) is 0 Å². The Hall–Kier alpha value is -2.49. The summed E-state index contributed by atoms with van der Waals surface area (Å²) in [4.78, 5) is 10.9. The zero-order chi connectivity index (χ0) is 14.7. The number of nitrogen functional groups attached to an aromatic ring is 1. The van der Waals surface area contributed by atoms with Crippen molar-refractivity contribution in [2.24, 2.45) is 0 Å². The highest BCUT2D eigenvalue weighted by Gasteiger charge is 2.08. The van der Waals surface area contributed by atoms with Gasteiger partial charge in [-0.25, -0.2) is 4.79 Å². The molecule has 0 aromatic heterocycles. The number of nitrogens with two attached hydrogens (primary N) is 1. The molecular weight excluding hydrogens is 254 g/mol. The first-order valence-corrected chi connectivity index (χ1v) is 6.29. The van der Waals surface area contributed by atoms with Gasteiger partial charge in [0.05, 0.1) is 5.56 Å². The van der Waals surface area contributed by atoms with Crippen LogP contribution in [-0.4, -0.2) is 11.1 Å². The molecule has 0 saturated carbocycles. The fourth-order valence-corrected chi connectivity index (χ4v) is 1.89. The summed E-state index contributed by atoms with van der Waals surface area (Å²) >= 11 is 0. The molecule has 2 rings (SSSR count). The lowest BCUT2D eigenvalue weighted by Gasteiger charge is -2.09. The van der Waals surface area contributed by atoms with Crippen molar-refractivity contribution in [2.75, 3.05) is 5.73 Å². The van der Waals surface area contributed by atoms with Crippen molar-refractivity contribution in [3.8, 4) is 5.75 Å². The van der Waals surface area contributed by atoms with Crippen LogP contribution in [0.4, 0.5) is 5.69 Å². The molecule has 0 aliphatic heterocycles. The van der Waals surface area contributed by atoms with Gasteiger partial charge in [-0.05, 0) is 42.7 Å². The highest BCUT2D eigenvalue weighted by Crippen LogP contribution is 2.21. The molecule has 0 bridgehead atoms. The maximum atomic E-state index is 10.9. The summed E-state index contributed by atoms with van der Waals surface area (Å²) < 4.78 is 5.63. The van der Waals surface area contributed by atoms with Crippen LogP contribution in [0.2, 0.25) is 0 Å². The molecule has 4 nitrogen and oxygen atoms in total. The minimum absolute atomic E-state index is 0.0866. The highest BCUT2D eigenvalue weighted by molar-refractivity contribution is 5.93. The molecule has 2 aromatic carbocycles. The molecule has 0 atom stereocenters. The number of aromatic carboxylic acids is 1. The van der Waals surface area contributed by atoms with Gasteiger partial charge in [-0.1, -0.05) is 18.2 Å². The molecule has 0 fully saturated rings. The zero-order valence-electron chi connectivity index (χ0n) is 11.5. The van der Waals surface area contributed by atoms with Gasteiger partial charge in [0.15, 0.2) is 0 Å². The SMILES string of the molecule is Cc1ccc(COc2ccc(C(=O)O)c(N)c2)cc1C. The van der Waals surface area contributed by atoms with E-state index in [1.165, 1.54) is 23.3 Å². The number of ether oxygens (including phenoxy) is 1. The standard InChI is InChI=1S/C16H17NO3/c1-10-3-4-12(7-11(10)2)9-20-13-5-6-14(16(18)19)15(17)8-13/h3-8H,9,17H2,1-2H3,(H,18,19). The molecule has 0 spiro atoms. The minimum atomic E-state index is -1.04. The van der Waals surface area contributed by atoms with Crippen molar-refractivity contribution < 1.29 is 14.6 Å². The molecule has 0 amide bonds. The van der Waals surface area contributed by atoms with Crippen molar-refractivity contribution in [2.45, 2.75) is 20.5 Å². The first-order valence-electron chi connectivity index (χ1n) is 6.29. The molecule has 0 unspecified atom stereocenters. The number of benzene rings is 2. The normalized spacial score (nSPS) is 10.3. The molecule has 20 heavy (non-hydrogen) atoms. The van der Waals surface area contributed by atoms with E-state index in [-0.39, 0.29) is 11.3 Å². The average Bonchev–Trinajstić information content (AvgIpc) is 2.40. The van der Waals surface area contributed by atoms with Gasteiger partial charge in [0, 0.05) is 11.8 Å². The van der Waals surface area contributed by atoms with Crippen LogP contribution in [0.15, 0.2) is 36.4 Å². The Bertz CT molecular complexity index is 650. The Morgan fingerprint density at radius 3 is 2.50 bits per heavy atom. The van der Waals surface area contributed by atoms with Crippen molar-refractivity contribution >= 4 is 11.7 Å². The summed E-state index contributed by atoms with van der Waals surface area (Å²) in [7, 11) is 0. The zero-order valence-corrected chi connectivity index (χ0v) is 11.5. The summed E-state index contributed by atoms with van der Waals surface area (Å²) in [5.41, 5.74) is 9.48. The van der Waals surface area contributed by atoms with Gasteiger partial charge >= 0.3 is 5.97 Å². The summed E-state index contributed by atoms with van der Waals surface area (Å²) in [6, 6.07) is 10.7. The van der Waals surface area contributed by atoms with Gasteiger partial charge in [0.2, 0.25) is 0 Å². The van der Waals surface area contributed by atoms with Gasteiger partial charge in [-0.15, -0.1) is 0 Å². The summed E-state index contributed by atoms with van der Waals surface area (Å²) in [5.74, 6) is -0.478. The number of carboxylic acids is 1. The van der Waals surface area contributed by atoms with E-state index in [9.17, 15) is 4.79 Å². The van der Waals surface area contributed by atoms with E-state index in [1.54, 1.807) is 6.07 Å². The lowest BCUT2D eigenvalue weighted by molar-refractivity contribution is 0.0698. The Balaban J connectivity index is 2.09. The number of anilines is 1. The van der Waals surface area contributed by atoms with Gasteiger partial charge in [-0.2, -0.15) is 0 Å². The van der Waals surface area contributed by atoms with E-state index in [4.69, 9.17) is 15.6 Å². The number of rotatable bonds is 4. The number of carbonyl (C=O) groups is 1. The summed E-state index contributed by atoms with van der Waals surface area (Å²) in [6.45, 7) is 4.54. The summed E-state index contributed by atoms with van der Waals surface area (Å²) in [5, 5.41) is 8.90. The molecule has 4 heteroatoms. The Morgan fingerprint density at radius 1 is 1.15 bits per heavy atom. The third-order valence-electron chi connectivity index (χ3n) is 3.23. The van der Waals surface area contributed by atoms with Crippen LogP contribution >= 0.6 is 0 Å². The molecule has 3 N–H and O–H groups in total. The third kappa shape index (κ3) is 3.09. The van der Waals surface area contributed by atoms with Gasteiger partial charge in [-0.3, -0.25) is 0 Å². The molecule has 0 saturated heterocycles. The molecule has 2 aromatic rings. The molecular formula is C16H17NO3. The molecule has 0 aliphatic carbocycles. The first-order chi connectivity index (χ1) is 9.47. The Kier molecular flexibility index (Phi) is 3.94. The number of aryl methyl sites for hydroxylation is 2. The second-order valence-corrected chi connectivity index (χ2v) is 4.76. The molecule has 0 aliphatic rings. The largest absolute Gasteiger partial charge is 0.489 e. The monoisotopic (exact) mass is 271 g/mol. The van der Waals surface area contributed by atoms with E-state index in [2.05, 4.69) is 26.0 Å².